The first kappa shape index (κ1) is 18.4. The quantitative estimate of drug-likeness (QED) is 0.215. The van der Waals surface area contributed by atoms with Crippen molar-refractivity contribution in [1.29, 1.82) is 0 Å². The Balaban J connectivity index is 2.24. The average Bonchev–Trinajstić information content (AvgIpc) is 3.06. The lowest BCUT2D eigenvalue weighted by Gasteiger charge is -2.08. The van der Waals surface area contributed by atoms with E-state index in [-0.39, 0.29) is 16.6 Å². The topological polar surface area (TPSA) is 203 Å². The number of benzene rings is 1. The molecular weight excluding hydrogens is 380 g/mol. The number of esters is 1. The number of aromatic amines is 2. The van der Waals surface area contributed by atoms with Gasteiger partial charge in [0.15, 0.2) is 5.69 Å². The van der Waals surface area contributed by atoms with E-state index in [1.165, 1.54) is 0 Å². The molecule has 0 aliphatic heterocycles. The summed E-state index contributed by atoms with van der Waals surface area (Å²) in [6, 6.07) is 2.11. The molecule has 1 aromatic carbocycles. The van der Waals surface area contributed by atoms with Gasteiger partial charge in [-0.3, -0.25) is 19.7 Å². The van der Waals surface area contributed by atoms with E-state index in [2.05, 4.69) is 25.0 Å². The number of aromatic nitrogens is 5. The third-order valence-electron chi connectivity index (χ3n) is 3.75. The molecule has 2 heterocycles. The summed E-state index contributed by atoms with van der Waals surface area (Å²) in [7, 11) is 1.03. The van der Waals surface area contributed by atoms with Gasteiger partial charge in [0, 0.05) is 17.7 Å². The predicted octanol–water partition coefficient (Wildman–Crippen LogP) is -0.751. The number of ether oxygens (including phenoxy) is 1. The lowest BCUT2D eigenvalue weighted by atomic mass is 10.1. The number of hydrogen-bond donors (Lipinski definition) is 3. The van der Waals surface area contributed by atoms with E-state index in [9.17, 15) is 34.4 Å². The lowest BCUT2D eigenvalue weighted by molar-refractivity contribution is -0.384. The van der Waals surface area contributed by atoms with E-state index in [0.717, 1.165) is 23.9 Å². The number of H-pyrrole nitrogens is 2. The van der Waals surface area contributed by atoms with Gasteiger partial charge >= 0.3 is 23.1 Å². The molecule has 14 nitrogen and oxygen atoms in total. The molecule has 0 saturated heterocycles. The highest BCUT2D eigenvalue weighted by Gasteiger charge is 2.26. The van der Waals surface area contributed by atoms with Crippen molar-refractivity contribution in [1.82, 2.24) is 25.0 Å². The van der Waals surface area contributed by atoms with Gasteiger partial charge in [0.2, 0.25) is 5.69 Å². The summed E-state index contributed by atoms with van der Waals surface area (Å²) in [5, 5.41) is 27.6. The molecule has 3 N–H and O–H groups in total. The van der Waals surface area contributed by atoms with Crippen LogP contribution in [0, 0.1) is 10.1 Å². The molecule has 144 valence electrons. The van der Waals surface area contributed by atoms with Crippen LogP contribution >= 0.6 is 0 Å². The monoisotopic (exact) mass is 390 g/mol. The predicted molar refractivity (Wildman–Crippen MR) is 89.3 cm³/mol. The molecule has 0 saturated carbocycles. The van der Waals surface area contributed by atoms with E-state index < -0.39 is 51.6 Å². The zero-order valence-electron chi connectivity index (χ0n) is 14.0. The molecule has 0 unspecified atom stereocenters. The molecule has 0 atom stereocenters. The molecule has 0 aliphatic rings. The summed E-state index contributed by atoms with van der Waals surface area (Å²) in [5.41, 5.74) is -3.57. The number of carbonyl (C=O) groups is 2. The maximum absolute atomic E-state index is 11.7. The highest BCUT2D eigenvalue weighted by molar-refractivity contribution is 5.99. The van der Waals surface area contributed by atoms with Gasteiger partial charge in [-0.2, -0.15) is 0 Å². The maximum Gasteiger partial charge on any atom is 0.361 e. The minimum absolute atomic E-state index is 0.0293. The Bertz CT molecular complexity index is 1250. The van der Waals surface area contributed by atoms with Gasteiger partial charge in [0.05, 0.1) is 29.6 Å². The normalized spacial score (nSPS) is 10.8. The Hall–Kier alpha value is -4.36. The fourth-order valence-corrected chi connectivity index (χ4v) is 2.54. The first-order valence-corrected chi connectivity index (χ1v) is 7.41. The molecule has 3 rings (SSSR count). The third-order valence-corrected chi connectivity index (χ3v) is 3.75. The summed E-state index contributed by atoms with van der Waals surface area (Å²) in [6.07, 6.45) is 0. The Morgan fingerprint density at radius 3 is 2.57 bits per heavy atom. The first-order chi connectivity index (χ1) is 13.2. The zero-order valence-corrected chi connectivity index (χ0v) is 14.0. The second-order valence-electron chi connectivity index (χ2n) is 5.43. The van der Waals surface area contributed by atoms with Crippen molar-refractivity contribution in [2.24, 2.45) is 0 Å². The zero-order chi connectivity index (χ0) is 20.6. The van der Waals surface area contributed by atoms with Crippen molar-refractivity contribution in [2.75, 3.05) is 7.11 Å². The number of nitro benzene ring substituents is 1. The van der Waals surface area contributed by atoms with E-state index in [0.29, 0.717) is 0 Å². The number of nitrogens with one attached hydrogen (secondary N) is 2. The average molecular weight is 390 g/mol. The molecule has 0 spiro atoms. The van der Waals surface area contributed by atoms with Crippen molar-refractivity contribution in [2.45, 2.75) is 6.54 Å². The van der Waals surface area contributed by atoms with E-state index in [1.807, 2.05) is 0 Å². The Morgan fingerprint density at radius 1 is 1.29 bits per heavy atom. The summed E-state index contributed by atoms with van der Waals surface area (Å²) in [4.78, 5) is 61.3. The molecule has 28 heavy (non-hydrogen) atoms. The largest absolute Gasteiger partial charge is 0.476 e. The fourth-order valence-electron chi connectivity index (χ4n) is 2.54. The highest BCUT2D eigenvalue weighted by atomic mass is 16.6. The highest BCUT2D eigenvalue weighted by Crippen LogP contribution is 2.23. The van der Waals surface area contributed by atoms with E-state index in [1.54, 1.807) is 0 Å². The molecule has 0 bridgehead atoms. The number of carboxylic acids is 1. The van der Waals surface area contributed by atoms with Crippen LogP contribution in [-0.2, 0) is 11.3 Å². The third kappa shape index (κ3) is 3.09. The minimum atomic E-state index is -1.54. The second kappa shape index (κ2) is 6.75. The smallest absolute Gasteiger partial charge is 0.361 e. The van der Waals surface area contributed by atoms with Gasteiger partial charge in [-0.1, -0.05) is 5.21 Å². The Kier molecular flexibility index (Phi) is 4.44. The standard InChI is InChI=1S/C14H10N6O8/c1-28-14(25)9-10(13(23)24)19(18-17-9)4-5-2-6(20(26)27)3-7-8(5)16-12(22)11(21)15-7/h2-3H,4H2,1H3,(H,15,21)(H,16,22)(H,23,24). The van der Waals surface area contributed by atoms with Crippen LogP contribution in [0.1, 0.15) is 26.5 Å². The molecule has 3 aromatic rings. The van der Waals surface area contributed by atoms with E-state index in [4.69, 9.17) is 0 Å². The van der Waals surface area contributed by atoms with Crippen molar-refractivity contribution < 1.29 is 24.4 Å². The van der Waals surface area contributed by atoms with Crippen LogP contribution in [0.15, 0.2) is 21.7 Å². The van der Waals surface area contributed by atoms with Crippen LogP contribution in [0.5, 0.6) is 0 Å². The molecule has 0 fully saturated rings. The number of methoxy groups -OCH3 is 1. The SMILES string of the molecule is COC(=O)c1nnn(Cc2cc([N+](=O)[O-])cc3[nH]c(=O)c(=O)[nH]c23)c1C(=O)O. The van der Waals surface area contributed by atoms with Crippen LogP contribution in [0.25, 0.3) is 11.0 Å². The Labute approximate surface area is 152 Å². The van der Waals surface area contributed by atoms with Gasteiger partial charge in [0.25, 0.3) is 5.69 Å². The second-order valence-corrected chi connectivity index (χ2v) is 5.43. The number of nitro groups is 1. The van der Waals surface area contributed by atoms with Gasteiger partial charge in [-0.15, -0.1) is 5.10 Å². The van der Waals surface area contributed by atoms with Crippen molar-refractivity contribution in [3.05, 3.63) is 59.9 Å². The van der Waals surface area contributed by atoms with Crippen LogP contribution < -0.4 is 11.1 Å². The number of rotatable bonds is 5. The van der Waals surface area contributed by atoms with Gasteiger partial charge in [0.1, 0.15) is 0 Å². The molecule has 0 aliphatic carbocycles. The van der Waals surface area contributed by atoms with Crippen molar-refractivity contribution in [3.8, 4) is 0 Å². The molecule has 14 heteroatoms. The molecule has 0 radical (unpaired) electrons. The summed E-state index contributed by atoms with van der Waals surface area (Å²) in [6.45, 7) is -0.411. The lowest BCUT2D eigenvalue weighted by Crippen LogP contribution is -2.29. The van der Waals surface area contributed by atoms with Crippen LogP contribution in [-0.4, -0.2) is 54.0 Å². The number of non-ortho nitro benzene ring substituents is 1. The Morgan fingerprint density at radius 2 is 1.96 bits per heavy atom. The van der Waals surface area contributed by atoms with Crippen LogP contribution in [0.4, 0.5) is 5.69 Å². The number of nitrogens with zero attached hydrogens (tertiary/aromatic N) is 4. The number of fused-ring (bicyclic) bond motifs is 1. The summed E-state index contributed by atoms with van der Waals surface area (Å²) < 4.78 is 5.25. The van der Waals surface area contributed by atoms with Crippen molar-refractivity contribution >= 4 is 28.7 Å². The van der Waals surface area contributed by atoms with Crippen molar-refractivity contribution in [3.63, 3.8) is 0 Å². The first-order valence-electron chi connectivity index (χ1n) is 7.41. The summed E-state index contributed by atoms with van der Waals surface area (Å²) >= 11 is 0. The minimum Gasteiger partial charge on any atom is -0.476 e. The fraction of sp³-hybridized carbons (Fsp3) is 0.143. The van der Waals surface area contributed by atoms with Crippen LogP contribution in [0.2, 0.25) is 0 Å². The molecular formula is C14H10N6O8. The molecule has 0 amide bonds. The molecule has 2 aromatic heterocycles. The number of carbonyl (C=O) groups excluding carboxylic acids is 1. The maximum atomic E-state index is 11.7. The van der Waals surface area contributed by atoms with E-state index >= 15 is 0 Å². The van der Waals surface area contributed by atoms with Gasteiger partial charge < -0.3 is 19.8 Å². The summed E-state index contributed by atoms with van der Waals surface area (Å²) in [5.74, 6) is -2.58. The number of aromatic carboxylic acids is 1. The number of carboxylic acid groups (broad SMARTS) is 1. The number of hydrogen-bond acceptors (Lipinski definition) is 9. The van der Waals surface area contributed by atoms with Gasteiger partial charge in [-0.05, 0) is 0 Å². The van der Waals surface area contributed by atoms with Gasteiger partial charge in [-0.25, -0.2) is 14.3 Å². The van der Waals surface area contributed by atoms with Crippen LogP contribution in [0.3, 0.4) is 0 Å².